The fourth-order valence-corrected chi connectivity index (χ4v) is 3.58. The first-order valence-corrected chi connectivity index (χ1v) is 8.82. The Labute approximate surface area is 142 Å². The number of hydrogen-bond donors (Lipinski definition) is 2. The lowest BCUT2D eigenvalue weighted by Gasteiger charge is -2.37. The molecule has 0 radical (unpaired) electrons. The number of imide groups is 1. The second-order valence-electron chi connectivity index (χ2n) is 5.63. The first-order chi connectivity index (χ1) is 10.9. The predicted octanol–water partition coefficient (Wildman–Crippen LogP) is 1.88. The number of nitrogens with zero attached hydrogens (tertiary/aromatic N) is 1. The molecule has 2 N–H and O–H groups in total. The summed E-state index contributed by atoms with van der Waals surface area (Å²) in [6.07, 6.45) is 2.73. The van der Waals surface area contributed by atoms with E-state index in [1.54, 1.807) is 28.8 Å². The van der Waals surface area contributed by atoms with Crippen LogP contribution < -0.4 is 10.6 Å². The van der Waals surface area contributed by atoms with Crippen LogP contribution in [0.5, 0.6) is 0 Å². The zero-order valence-electron chi connectivity index (χ0n) is 12.5. The third-order valence-corrected chi connectivity index (χ3v) is 5.38. The Morgan fingerprint density at radius 1 is 1.30 bits per heavy atom. The number of nitrogens with one attached hydrogen (secondary N) is 2. The van der Waals surface area contributed by atoms with Crippen molar-refractivity contribution in [1.29, 1.82) is 0 Å². The third-order valence-electron chi connectivity index (χ3n) is 4.32. The number of carbonyl (C=O) groups excluding carboxylic acids is 3. The summed E-state index contributed by atoms with van der Waals surface area (Å²) in [6.45, 7) is 0.790. The van der Waals surface area contributed by atoms with E-state index in [1.807, 2.05) is 12.3 Å². The number of benzene rings is 1. The average Bonchev–Trinajstić information content (AvgIpc) is 2.81. The second-order valence-corrected chi connectivity index (χ2v) is 6.92. The van der Waals surface area contributed by atoms with Gasteiger partial charge in [-0.1, -0.05) is 11.6 Å². The lowest BCUT2D eigenvalue weighted by Crippen LogP contribution is -2.55. The molecule has 3 rings (SSSR count). The van der Waals surface area contributed by atoms with Gasteiger partial charge in [0.05, 0.1) is 10.6 Å². The molecular weight excluding hydrogens is 338 g/mol. The molecule has 4 amide bonds. The van der Waals surface area contributed by atoms with Crippen LogP contribution in [0.2, 0.25) is 5.02 Å². The lowest BCUT2D eigenvalue weighted by atomic mass is 9.87. The molecule has 8 heteroatoms. The van der Waals surface area contributed by atoms with Gasteiger partial charge in [-0.05, 0) is 37.3 Å². The summed E-state index contributed by atoms with van der Waals surface area (Å²) in [5.41, 5.74) is -0.409. The Bertz CT molecular complexity index is 687. The maximum atomic E-state index is 12.7. The maximum absolute atomic E-state index is 12.7. The number of urea groups is 1. The highest BCUT2D eigenvalue weighted by atomic mass is 35.5. The standard InChI is InChI=1S/C15H16ClN3O3S/c1-23-9-2-3-11(16)10(8-9)12(20)19-6-4-15(5-7-19)13(21)17-14(22)18-15/h2-3,8H,4-7H2,1H3,(H2,17,18,21,22). The Kier molecular flexibility index (Phi) is 4.25. The lowest BCUT2D eigenvalue weighted by molar-refractivity contribution is -0.125. The van der Waals surface area contributed by atoms with Gasteiger partial charge in [0, 0.05) is 18.0 Å². The number of halogens is 1. The fourth-order valence-electron chi connectivity index (χ4n) is 2.94. The number of amides is 4. The smallest absolute Gasteiger partial charge is 0.322 e. The van der Waals surface area contributed by atoms with Crippen molar-refractivity contribution >= 4 is 41.2 Å². The molecule has 1 aromatic rings. The SMILES string of the molecule is CSc1ccc(Cl)c(C(=O)N2CCC3(CC2)NC(=O)NC3=O)c1. The highest BCUT2D eigenvalue weighted by molar-refractivity contribution is 7.98. The van der Waals surface area contributed by atoms with Gasteiger partial charge in [0.15, 0.2) is 0 Å². The first kappa shape index (κ1) is 16.1. The minimum absolute atomic E-state index is 0.148. The highest BCUT2D eigenvalue weighted by Gasteiger charge is 2.48. The molecule has 0 saturated carbocycles. The minimum atomic E-state index is -0.876. The van der Waals surface area contributed by atoms with Crippen molar-refractivity contribution in [2.45, 2.75) is 23.3 Å². The number of likely N-dealkylation sites (tertiary alicyclic amines) is 1. The van der Waals surface area contributed by atoms with E-state index in [9.17, 15) is 14.4 Å². The van der Waals surface area contributed by atoms with Gasteiger partial charge in [0.1, 0.15) is 5.54 Å². The van der Waals surface area contributed by atoms with Gasteiger partial charge in [-0.25, -0.2) is 4.79 Å². The van der Waals surface area contributed by atoms with E-state index >= 15 is 0 Å². The van der Waals surface area contributed by atoms with Crippen molar-refractivity contribution in [3.05, 3.63) is 28.8 Å². The van der Waals surface area contributed by atoms with Gasteiger partial charge in [-0.15, -0.1) is 11.8 Å². The molecule has 0 unspecified atom stereocenters. The number of rotatable bonds is 2. The van der Waals surface area contributed by atoms with E-state index in [0.29, 0.717) is 36.5 Å². The van der Waals surface area contributed by atoms with E-state index in [0.717, 1.165) is 4.90 Å². The summed E-state index contributed by atoms with van der Waals surface area (Å²) in [5, 5.41) is 5.36. The van der Waals surface area contributed by atoms with Crippen LogP contribution in [0, 0.1) is 0 Å². The summed E-state index contributed by atoms with van der Waals surface area (Å²) >= 11 is 7.69. The second kappa shape index (κ2) is 6.05. The van der Waals surface area contributed by atoms with Gasteiger partial charge >= 0.3 is 6.03 Å². The van der Waals surface area contributed by atoms with Crippen LogP contribution in [0.4, 0.5) is 4.79 Å². The zero-order chi connectivity index (χ0) is 16.6. The molecule has 2 fully saturated rings. The van der Waals surface area contributed by atoms with Crippen molar-refractivity contribution in [2.75, 3.05) is 19.3 Å². The van der Waals surface area contributed by atoms with E-state index < -0.39 is 11.6 Å². The molecule has 23 heavy (non-hydrogen) atoms. The van der Waals surface area contributed by atoms with Crippen molar-refractivity contribution in [3.63, 3.8) is 0 Å². The molecule has 2 heterocycles. The predicted molar refractivity (Wildman–Crippen MR) is 87.8 cm³/mol. The molecule has 1 aromatic carbocycles. The first-order valence-electron chi connectivity index (χ1n) is 7.21. The fraction of sp³-hybridized carbons (Fsp3) is 0.400. The van der Waals surface area contributed by atoms with Gasteiger partial charge < -0.3 is 10.2 Å². The van der Waals surface area contributed by atoms with Crippen LogP contribution in [0.3, 0.4) is 0 Å². The Morgan fingerprint density at radius 3 is 2.57 bits per heavy atom. The molecule has 6 nitrogen and oxygen atoms in total. The maximum Gasteiger partial charge on any atom is 0.322 e. The average molecular weight is 354 g/mol. The molecule has 0 bridgehead atoms. The number of hydrogen-bond acceptors (Lipinski definition) is 4. The molecule has 0 aliphatic carbocycles. The van der Waals surface area contributed by atoms with Crippen molar-refractivity contribution < 1.29 is 14.4 Å². The summed E-state index contributed by atoms with van der Waals surface area (Å²) in [5.74, 6) is -0.456. The molecule has 1 spiro atoms. The minimum Gasteiger partial charge on any atom is -0.338 e. The van der Waals surface area contributed by atoms with Crippen LogP contribution in [-0.2, 0) is 4.79 Å². The van der Waals surface area contributed by atoms with E-state index in [2.05, 4.69) is 10.6 Å². The van der Waals surface area contributed by atoms with E-state index in [-0.39, 0.29) is 11.8 Å². The van der Waals surface area contributed by atoms with Crippen molar-refractivity contribution in [2.24, 2.45) is 0 Å². The Balaban J connectivity index is 1.74. The normalized spacial score (nSPS) is 19.7. The Hall–Kier alpha value is -1.73. The number of thioether (sulfide) groups is 1. The quantitative estimate of drug-likeness (QED) is 0.628. The molecule has 2 aliphatic rings. The molecule has 122 valence electrons. The number of piperidine rings is 1. The van der Waals surface area contributed by atoms with Crippen LogP contribution in [0.1, 0.15) is 23.2 Å². The van der Waals surface area contributed by atoms with Crippen LogP contribution in [0.25, 0.3) is 0 Å². The van der Waals surface area contributed by atoms with E-state index in [4.69, 9.17) is 11.6 Å². The molecular formula is C15H16ClN3O3S. The summed E-state index contributed by atoms with van der Waals surface area (Å²) < 4.78 is 0. The zero-order valence-corrected chi connectivity index (χ0v) is 14.1. The van der Waals surface area contributed by atoms with Crippen LogP contribution in [-0.4, -0.2) is 47.6 Å². The molecule has 0 aromatic heterocycles. The highest BCUT2D eigenvalue weighted by Crippen LogP contribution is 2.29. The molecule has 2 aliphatic heterocycles. The Morgan fingerprint density at radius 2 is 2.00 bits per heavy atom. The van der Waals surface area contributed by atoms with Gasteiger partial charge in [-0.2, -0.15) is 0 Å². The van der Waals surface area contributed by atoms with Crippen molar-refractivity contribution in [3.8, 4) is 0 Å². The number of carbonyl (C=O) groups is 3. The summed E-state index contributed by atoms with van der Waals surface area (Å²) in [4.78, 5) is 38.6. The van der Waals surface area contributed by atoms with Crippen molar-refractivity contribution in [1.82, 2.24) is 15.5 Å². The van der Waals surface area contributed by atoms with Crippen LogP contribution in [0.15, 0.2) is 23.1 Å². The summed E-state index contributed by atoms with van der Waals surface area (Å²) in [6, 6.07) is 4.90. The molecule has 2 saturated heterocycles. The summed E-state index contributed by atoms with van der Waals surface area (Å²) in [7, 11) is 0. The van der Waals surface area contributed by atoms with Gasteiger partial charge in [0.25, 0.3) is 11.8 Å². The van der Waals surface area contributed by atoms with Gasteiger partial charge in [0.2, 0.25) is 0 Å². The largest absolute Gasteiger partial charge is 0.338 e. The third kappa shape index (κ3) is 2.90. The topological polar surface area (TPSA) is 78.5 Å². The monoisotopic (exact) mass is 353 g/mol. The van der Waals surface area contributed by atoms with E-state index in [1.165, 1.54) is 0 Å². The van der Waals surface area contributed by atoms with Gasteiger partial charge in [-0.3, -0.25) is 14.9 Å². The molecule has 0 atom stereocenters. The van der Waals surface area contributed by atoms with Crippen LogP contribution >= 0.6 is 23.4 Å².